The molecule has 0 bridgehead atoms. The first-order valence-corrected chi connectivity index (χ1v) is 7.59. The summed E-state index contributed by atoms with van der Waals surface area (Å²) >= 11 is 0. The Morgan fingerprint density at radius 3 is 2.06 bits per heavy atom. The lowest BCUT2D eigenvalue weighted by Crippen LogP contribution is -2.00. The van der Waals surface area contributed by atoms with Crippen molar-refractivity contribution in [3.8, 4) is 0 Å². The molecule has 0 aliphatic heterocycles. The van der Waals surface area contributed by atoms with E-state index < -0.39 is 7.82 Å². The molecule has 16 heavy (non-hydrogen) atoms. The summed E-state index contributed by atoms with van der Waals surface area (Å²) in [5.41, 5.74) is 0. The van der Waals surface area contributed by atoms with E-state index in [2.05, 4.69) is 6.92 Å². The van der Waals surface area contributed by atoms with Gasteiger partial charge in [0.1, 0.15) is 0 Å². The number of phosphoric acid groups is 1. The smallest absolute Gasteiger partial charge is 0.290 e. The van der Waals surface area contributed by atoms with Gasteiger partial charge in [0.05, 0.1) is 13.2 Å². The standard InChI is InChI=1S/C11H25O4P/c1-4-6-7-8-9-11-15-16(12,13-3)14-10-5-2/h4-11H2,1-3H3. The SMILES string of the molecule is CCCCCCCOP(=O)(OC)OCCC. The molecule has 0 aromatic heterocycles. The van der Waals surface area contributed by atoms with Gasteiger partial charge in [-0.05, 0) is 12.8 Å². The van der Waals surface area contributed by atoms with Gasteiger partial charge in [0.25, 0.3) is 0 Å². The summed E-state index contributed by atoms with van der Waals surface area (Å²) in [6, 6.07) is 0. The molecule has 0 radical (unpaired) electrons. The monoisotopic (exact) mass is 252 g/mol. The zero-order valence-corrected chi connectivity index (χ0v) is 11.6. The van der Waals surface area contributed by atoms with Crippen molar-refractivity contribution in [3.05, 3.63) is 0 Å². The lowest BCUT2D eigenvalue weighted by Gasteiger charge is -2.15. The zero-order valence-electron chi connectivity index (χ0n) is 10.7. The van der Waals surface area contributed by atoms with Gasteiger partial charge in [0.2, 0.25) is 0 Å². The first-order chi connectivity index (χ1) is 7.68. The van der Waals surface area contributed by atoms with E-state index in [1.54, 1.807) is 0 Å². The largest absolute Gasteiger partial charge is 0.474 e. The van der Waals surface area contributed by atoms with Gasteiger partial charge in [0.15, 0.2) is 0 Å². The average molecular weight is 252 g/mol. The molecule has 0 saturated carbocycles. The van der Waals surface area contributed by atoms with E-state index in [1.165, 1.54) is 26.4 Å². The van der Waals surface area contributed by atoms with Gasteiger partial charge in [-0.25, -0.2) is 4.57 Å². The second kappa shape index (κ2) is 10.3. The minimum Gasteiger partial charge on any atom is -0.290 e. The molecule has 0 spiro atoms. The molecule has 0 rings (SSSR count). The first-order valence-electron chi connectivity index (χ1n) is 6.13. The van der Waals surface area contributed by atoms with Gasteiger partial charge in [-0.3, -0.25) is 13.6 Å². The molecule has 98 valence electrons. The molecule has 4 nitrogen and oxygen atoms in total. The molecule has 5 heteroatoms. The van der Waals surface area contributed by atoms with E-state index in [-0.39, 0.29) is 0 Å². The maximum Gasteiger partial charge on any atom is 0.474 e. The molecule has 0 saturated heterocycles. The van der Waals surface area contributed by atoms with Gasteiger partial charge in [-0.2, -0.15) is 0 Å². The highest BCUT2D eigenvalue weighted by molar-refractivity contribution is 7.48. The second-order valence-electron chi connectivity index (χ2n) is 3.71. The van der Waals surface area contributed by atoms with Gasteiger partial charge < -0.3 is 0 Å². The Labute approximate surface area is 99.3 Å². The van der Waals surface area contributed by atoms with Crippen molar-refractivity contribution in [1.29, 1.82) is 0 Å². The van der Waals surface area contributed by atoms with E-state index in [9.17, 15) is 4.57 Å². The van der Waals surface area contributed by atoms with Crippen molar-refractivity contribution < 1.29 is 18.1 Å². The minimum atomic E-state index is -3.27. The van der Waals surface area contributed by atoms with E-state index in [4.69, 9.17) is 13.6 Å². The summed E-state index contributed by atoms with van der Waals surface area (Å²) in [6.45, 7) is 4.97. The molecule has 0 aromatic rings. The summed E-state index contributed by atoms with van der Waals surface area (Å²) in [6.07, 6.45) is 6.47. The molecule has 0 aromatic carbocycles. The zero-order chi connectivity index (χ0) is 12.3. The summed E-state index contributed by atoms with van der Waals surface area (Å²) in [5.74, 6) is 0. The van der Waals surface area contributed by atoms with Crippen molar-refractivity contribution in [2.75, 3.05) is 20.3 Å². The van der Waals surface area contributed by atoms with Crippen molar-refractivity contribution in [2.45, 2.75) is 52.4 Å². The van der Waals surface area contributed by atoms with Gasteiger partial charge in [0, 0.05) is 7.11 Å². The van der Waals surface area contributed by atoms with Crippen LogP contribution >= 0.6 is 7.82 Å². The molecule has 0 aliphatic rings. The van der Waals surface area contributed by atoms with Crippen LogP contribution in [0.2, 0.25) is 0 Å². The average Bonchev–Trinajstić information content (AvgIpc) is 2.31. The predicted octanol–water partition coefficient (Wildman–Crippen LogP) is 4.15. The minimum absolute atomic E-state index is 0.404. The lowest BCUT2D eigenvalue weighted by molar-refractivity contribution is 0.129. The first kappa shape index (κ1) is 16.1. The maximum atomic E-state index is 11.8. The van der Waals surface area contributed by atoms with Gasteiger partial charge >= 0.3 is 7.82 Å². The predicted molar refractivity (Wildman–Crippen MR) is 65.6 cm³/mol. The summed E-state index contributed by atoms with van der Waals surface area (Å²) in [5, 5.41) is 0. The lowest BCUT2D eigenvalue weighted by atomic mass is 10.2. The Bertz CT molecular complexity index is 196. The Morgan fingerprint density at radius 1 is 0.875 bits per heavy atom. The van der Waals surface area contributed by atoms with Crippen LogP contribution in [0.3, 0.4) is 0 Å². The normalized spacial score (nSPS) is 14.9. The summed E-state index contributed by atoms with van der Waals surface area (Å²) < 4.78 is 26.8. The van der Waals surface area contributed by atoms with Crippen LogP contribution in [0, 0.1) is 0 Å². The molecule has 1 atom stereocenters. The van der Waals surface area contributed by atoms with Crippen LogP contribution < -0.4 is 0 Å². The number of hydrogen-bond acceptors (Lipinski definition) is 4. The number of hydrogen-bond donors (Lipinski definition) is 0. The van der Waals surface area contributed by atoms with Gasteiger partial charge in [-0.15, -0.1) is 0 Å². The fourth-order valence-electron chi connectivity index (χ4n) is 1.23. The van der Waals surface area contributed by atoms with E-state index in [0.717, 1.165) is 19.3 Å². The van der Waals surface area contributed by atoms with Crippen LogP contribution in [-0.4, -0.2) is 20.3 Å². The van der Waals surface area contributed by atoms with Crippen LogP contribution in [-0.2, 0) is 18.1 Å². The van der Waals surface area contributed by atoms with Crippen molar-refractivity contribution in [3.63, 3.8) is 0 Å². The third-order valence-corrected chi connectivity index (χ3v) is 3.62. The molecule has 0 aliphatic carbocycles. The summed E-state index contributed by atoms with van der Waals surface area (Å²) in [4.78, 5) is 0. The highest BCUT2D eigenvalue weighted by atomic mass is 31.2. The van der Waals surface area contributed by atoms with E-state index in [0.29, 0.717) is 13.2 Å². The quantitative estimate of drug-likeness (QED) is 0.409. The van der Waals surface area contributed by atoms with Crippen LogP contribution in [0.5, 0.6) is 0 Å². The van der Waals surface area contributed by atoms with E-state index >= 15 is 0 Å². The topological polar surface area (TPSA) is 44.8 Å². The Hall–Kier alpha value is 0.110. The van der Waals surface area contributed by atoms with Crippen molar-refractivity contribution in [2.24, 2.45) is 0 Å². The van der Waals surface area contributed by atoms with Crippen LogP contribution in [0.1, 0.15) is 52.4 Å². The molecule has 0 fully saturated rings. The Balaban J connectivity index is 3.57. The second-order valence-corrected chi connectivity index (χ2v) is 5.49. The van der Waals surface area contributed by atoms with Crippen LogP contribution in [0.15, 0.2) is 0 Å². The molecule has 0 heterocycles. The van der Waals surface area contributed by atoms with Crippen LogP contribution in [0.4, 0.5) is 0 Å². The van der Waals surface area contributed by atoms with E-state index in [1.807, 2.05) is 6.92 Å². The fourth-order valence-corrected chi connectivity index (χ4v) is 2.27. The molecule has 0 N–H and O–H groups in total. The molecule has 0 amide bonds. The van der Waals surface area contributed by atoms with Gasteiger partial charge in [-0.1, -0.05) is 39.5 Å². The number of rotatable bonds is 11. The third kappa shape index (κ3) is 8.28. The number of unbranched alkanes of at least 4 members (excludes halogenated alkanes) is 4. The van der Waals surface area contributed by atoms with Crippen molar-refractivity contribution >= 4 is 7.82 Å². The third-order valence-electron chi connectivity index (χ3n) is 2.17. The highest BCUT2D eigenvalue weighted by Gasteiger charge is 2.23. The summed E-state index contributed by atoms with van der Waals surface area (Å²) in [7, 11) is -1.92. The highest BCUT2D eigenvalue weighted by Crippen LogP contribution is 2.48. The van der Waals surface area contributed by atoms with Crippen molar-refractivity contribution in [1.82, 2.24) is 0 Å². The number of phosphoric ester groups is 1. The maximum absolute atomic E-state index is 11.8. The molecular weight excluding hydrogens is 227 g/mol. The fraction of sp³-hybridized carbons (Fsp3) is 1.00. The Morgan fingerprint density at radius 2 is 1.50 bits per heavy atom. The molecular formula is C11H25O4P. The Kier molecular flexibility index (Phi) is 10.3. The molecule has 1 unspecified atom stereocenters. The van der Waals surface area contributed by atoms with Crippen LogP contribution in [0.25, 0.3) is 0 Å².